The summed E-state index contributed by atoms with van der Waals surface area (Å²) in [6.45, 7) is 0.950. The van der Waals surface area contributed by atoms with E-state index in [4.69, 9.17) is 9.47 Å². The largest absolute Gasteiger partial charge is 0.486 e. The molecule has 1 atom stereocenters. The van der Waals surface area contributed by atoms with Gasteiger partial charge < -0.3 is 14.8 Å². The zero-order valence-corrected chi connectivity index (χ0v) is 8.87. The number of halogens is 2. The van der Waals surface area contributed by atoms with Crippen molar-refractivity contribution < 1.29 is 18.3 Å². The first-order valence-corrected chi connectivity index (χ1v) is 5.07. The first-order chi connectivity index (χ1) is 7.72. The first kappa shape index (κ1) is 11.1. The van der Waals surface area contributed by atoms with Gasteiger partial charge in [-0.3, -0.25) is 0 Å². The Kier molecular flexibility index (Phi) is 3.24. The molecular formula is C11H13F2NO2. The Bertz CT molecular complexity index is 371. The predicted molar refractivity (Wildman–Crippen MR) is 55.2 cm³/mol. The van der Waals surface area contributed by atoms with E-state index in [2.05, 4.69) is 5.32 Å². The van der Waals surface area contributed by atoms with Crippen molar-refractivity contribution in [2.45, 2.75) is 12.5 Å². The van der Waals surface area contributed by atoms with Crippen molar-refractivity contribution in [2.24, 2.45) is 0 Å². The third-order valence-electron chi connectivity index (χ3n) is 2.49. The minimum atomic E-state index is -2.45. The van der Waals surface area contributed by atoms with Gasteiger partial charge in [-0.15, -0.1) is 0 Å². The molecule has 16 heavy (non-hydrogen) atoms. The fourth-order valence-corrected chi connectivity index (χ4v) is 1.69. The highest BCUT2D eigenvalue weighted by Crippen LogP contribution is 2.33. The van der Waals surface area contributed by atoms with Gasteiger partial charge >= 0.3 is 0 Å². The minimum absolute atomic E-state index is 0.454. The number of alkyl halides is 2. The summed E-state index contributed by atoms with van der Waals surface area (Å²) in [6.07, 6.45) is -2.45. The molecule has 0 aromatic heterocycles. The number of hydrogen-bond acceptors (Lipinski definition) is 3. The lowest BCUT2D eigenvalue weighted by Gasteiger charge is -2.21. The van der Waals surface area contributed by atoms with Crippen LogP contribution in [0.1, 0.15) is 11.6 Å². The third kappa shape index (κ3) is 2.09. The highest BCUT2D eigenvalue weighted by atomic mass is 19.3. The zero-order valence-electron chi connectivity index (χ0n) is 8.87. The first-order valence-electron chi connectivity index (χ1n) is 5.07. The molecule has 0 radical (unpaired) electrons. The highest BCUT2D eigenvalue weighted by molar-refractivity contribution is 5.44. The Hall–Kier alpha value is -1.36. The number of nitrogens with one attached hydrogen (secondary N) is 1. The number of rotatable bonds is 3. The predicted octanol–water partition coefficient (Wildman–Crippen LogP) is 1.98. The van der Waals surface area contributed by atoms with Gasteiger partial charge in [0.05, 0.1) is 6.04 Å². The smallest absolute Gasteiger partial charge is 0.257 e. The van der Waals surface area contributed by atoms with Crippen molar-refractivity contribution in [3.05, 3.63) is 23.8 Å². The molecule has 1 aromatic carbocycles. The lowest BCUT2D eigenvalue weighted by molar-refractivity contribution is 0.102. The van der Waals surface area contributed by atoms with Crippen molar-refractivity contribution in [1.82, 2.24) is 5.32 Å². The summed E-state index contributed by atoms with van der Waals surface area (Å²) < 4.78 is 36.0. The topological polar surface area (TPSA) is 30.5 Å². The Morgan fingerprint density at radius 2 is 1.88 bits per heavy atom. The van der Waals surface area contributed by atoms with Gasteiger partial charge in [-0.2, -0.15) is 0 Å². The van der Waals surface area contributed by atoms with Gasteiger partial charge in [-0.05, 0) is 24.7 Å². The lowest BCUT2D eigenvalue weighted by atomic mass is 10.1. The standard InChI is InChI=1S/C11H13F2NO2/c1-14-10(11(12)13)7-2-3-8-9(6-7)16-5-4-15-8/h2-3,6,10-11,14H,4-5H2,1H3. The maximum absolute atomic E-state index is 12.7. The van der Waals surface area contributed by atoms with Crippen molar-refractivity contribution in [3.63, 3.8) is 0 Å². The molecule has 1 N–H and O–H groups in total. The molecule has 3 nitrogen and oxygen atoms in total. The second-order valence-electron chi connectivity index (χ2n) is 3.50. The monoisotopic (exact) mass is 229 g/mol. The summed E-state index contributed by atoms with van der Waals surface area (Å²) in [5.41, 5.74) is 0.502. The van der Waals surface area contributed by atoms with Gasteiger partial charge in [0.1, 0.15) is 13.2 Å². The van der Waals surface area contributed by atoms with Crippen molar-refractivity contribution in [3.8, 4) is 11.5 Å². The summed E-state index contributed by atoms with van der Waals surface area (Å²) in [5, 5.41) is 2.58. The lowest BCUT2D eigenvalue weighted by Crippen LogP contribution is -2.24. The van der Waals surface area contributed by atoms with E-state index in [0.29, 0.717) is 30.3 Å². The maximum Gasteiger partial charge on any atom is 0.257 e. The molecule has 0 saturated carbocycles. The summed E-state index contributed by atoms with van der Waals surface area (Å²) in [4.78, 5) is 0. The van der Waals surface area contributed by atoms with Gasteiger partial charge in [-0.25, -0.2) is 8.78 Å². The Labute approximate surface area is 92.4 Å². The van der Waals surface area contributed by atoms with E-state index in [1.807, 2.05) is 0 Å². The van der Waals surface area contributed by atoms with Crippen LogP contribution in [0.5, 0.6) is 11.5 Å². The fraction of sp³-hybridized carbons (Fsp3) is 0.455. The molecular weight excluding hydrogens is 216 g/mol. The van der Waals surface area contributed by atoms with E-state index in [1.54, 1.807) is 18.2 Å². The van der Waals surface area contributed by atoms with Gasteiger partial charge in [0.2, 0.25) is 0 Å². The van der Waals surface area contributed by atoms with E-state index in [9.17, 15) is 8.78 Å². The van der Waals surface area contributed by atoms with Crippen LogP contribution in [0.4, 0.5) is 8.78 Å². The van der Waals surface area contributed by atoms with Gasteiger partial charge in [-0.1, -0.05) is 6.07 Å². The molecule has 5 heteroatoms. The van der Waals surface area contributed by atoms with Crippen molar-refractivity contribution in [2.75, 3.05) is 20.3 Å². The Morgan fingerprint density at radius 3 is 2.50 bits per heavy atom. The van der Waals surface area contributed by atoms with Crippen LogP contribution >= 0.6 is 0 Å². The third-order valence-corrected chi connectivity index (χ3v) is 2.49. The molecule has 2 rings (SSSR count). The molecule has 1 unspecified atom stereocenters. The van der Waals surface area contributed by atoms with Crippen LogP contribution < -0.4 is 14.8 Å². The van der Waals surface area contributed by atoms with Crippen molar-refractivity contribution >= 4 is 0 Å². The maximum atomic E-state index is 12.7. The molecule has 0 saturated heterocycles. The van der Waals surface area contributed by atoms with Crippen LogP contribution in [-0.2, 0) is 0 Å². The molecule has 1 heterocycles. The quantitative estimate of drug-likeness (QED) is 0.859. The molecule has 0 bridgehead atoms. The average Bonchev–Trinajstić information content (AvgIpc) is 2.29. The second kappa shape index (κ2) is 4.65. The zero-order chi connectivity index (χ0) is 11.5. The molecule has 88 valence electrons. The number of hydrogen-bond donors (Lipinski definition) is 1. The molecule has 1 aromatic rings. The van der Waals surface area contributed by atoms with E-state index < -0.39 is 12.5 Å². The fourth-order valence-electron chi connectivity index (χ4n) is 1.69. The Morgan fingerprint density at radius 1 is 1.19 bits per heavy atom. The summed E-state index contributed by atoms with van der Waals surface area (Å²) in [5.74, 6) is 1.14. The van der Waals surface area contributed by atoms with Crippen LogP contribution in [0, 0.1) is 0 Å². The van der Waals surface area contributed by atoms with Gasteiger partial charge in [0.15, 0.2) is 11.5 Å². The average molecular weight is 229 g/mol. The number of benzene rings is 1. The summed E-state index contributed by atoms with van der Waals surface area (Å²) in [6, 6.07) is 3.91. The molecule has 0 aliphatic carbocycles. The van der Waals surface area contributed by atoms with Crippen LogP contribution in [-0.4, -0.2) is 26.7 Å². The van der Waals surface area contributed by atoms with Gasteiger partial charge in [0.25, 0.3) is 6.43 Å². The van der Waals surface area contributed by atoms with Crippen molar-refractivity contribution in [1.29, 1.82) is 0 Å². The molecule has 1 aliphatic rings. The van der Waals surface area contributed by atoms with Crippen LogP contribution in [0.15, 0.2) is 18.2 Å². The highest BCUT2D eigenvalue weighted by Gasteiger charge is 2.22. The normalized spacial score (nSPS) is 16.2. The minimum Gasteiger partial charge on any atom is -0.486 e. The van der Waals surface area contributed by atoms with Crippen LogP contribution in [0.3, 0.4) is 0 Å². The summed E-state index contributed by atoms with van der Waals surface area (Å²) in [7, 11) is 1.51. The van der Waals surface area contributed by atoms with Gasteiger partial charge in [0, 0.05) is 0 Å². The number of fused-ring (bicyclic) bond motifs is 1. The van der Waals surface area contributed by atoms with E-state index in [0.717, 1.165) is 0 Å². The number of ether oxygens (including phenoxy) is 2. The van der Waals surface area contributed by atoms with E-state index >= 15 is 0 Å². The molecule has 1 aliphatic heterocycles. The van der Waals surface area contributed by atoms with Crippen LogP contribution in [0.25, 0.3) is 0 Å². The van der Waals surface area contributed by atoms with E-state index in [-0.39, 0.29) is 0 Å². The molecule has 0 amide bonds. The SMILES string of the molecule is CNC(c1ccc2c(c1)OCCO2)C(F)F. The van der Waals surface area contributed by atoms with Crippen LogP contribution in [0.2, 0.25) is 0 Å². The molecule has 0 fully saturated rings. The second-order valence-corrected chi connectivity index (χ2v) is 3.50. The van der Waals surface area contributed by atoms with E-state index in [1.165, 1.54) is 7.05 Å². The Balaban J connectivity index is 2.28. The molecule has 0 spiro atoms. The summed E-state index contributed by atoms with van der Waals surface area (Å²) >= 11 is 0.